The summed E-state index contributed by atoms with van der Waals surface area (Å²) in [6.45, 7) is 6.47. The number of carbonyl (C=O) groups excluding carboxylic acids is 2. The van der Waals surface area contributed by atoms with Crippen LogP contribution in [0.25, 0.3) is 0 Å². The summed E-state index contributed by atoms with van der Waals surface area (Å²) in [4.78, 5) is 26.6. The predicted molar refractivity (Wildman–Crippen MR) is 84.2 cm³/mol. The van der Waals surface area contributed by atoms with Crippen LogP contribution in [0, 0.1) is 5.92 Å². The van der Waals surface area contributed by atoms with Gasteiger partial charge in [-0.25, -0.2) is 4.68 Å². The van der Waals surface area contributed by atoms with Crippen molar-refractivity contribution >= 4 is 11.8 Å². The van der Waals surface area contributed by atoms with Gasteiger partial charge in [-0.1, -0.05) is 0 Å². The first-order valence-corrected chi connectivity index (χ1v) is 8.35. The molecule has 23 heavy (non-hydrogen) atoms. The van der Waals surface area contributed by atoms with E-state index in [4.69, 9.17) is 4.74 Å². The van der Waals surface area contributed by atoms with Crippen LogP contribution in [0.1, 0.15) is 43.6 Å². The topological polar surface area (TPSA) is 76.5 Å². The summed E-state index contributed by atoms with van der Waals surface area (Å²) in [7, 11) is 0. The minimum Gasteiger partial charge on any atom is -0.478 e. The highest BCUT2D eigenvalue weighted by Gasteiger charge is 2.30. The van der Waals surface area contributed by atoms with E-state index in [1.807, 2.05) is 13.8 Å². The summed E-state index contributed by atoms with van der Waals surface area (Å²) in [6.07, 6.45) is 2.57. The molecule has 0 aromatic carbocycles. The molecule has 0 radical (unpaired) electrons. The first-order valence-electron chi connectivity index (χ1n) is 8.35. The number of nitrogens with zero attached hydrogens (tertiary/aromatic N) is 3. The van der Waals surface area contributed by atoms with Crippen LogP contribution in [0.15, 0.2) is 6.07 Å². The second-order valence-electron chi connectivity index (χ2n) is 6.55. The number of aryl methyl sites for hydroxylation is 1. The van der Waals surface area contributed by atoms with Gasteiger partial charge in [0.05, 0.1) is 12.5 Å². The van der Waals surface area contributed by atoms with E-state index in [-0.39, 0.29) is 23.8 Å². The second-order valence-corrected chi connectivity index (χ2v) is 6.55. The summed E-state index contributed by atoms with van der Waals surface area (Å²) < 4.78 is 7.25. The Morgan fingerprint density at radius 2 is 2.17 bits per heavy atom. The Hall–Kier alpha value is -2.05. The van der Waals surface area contributed by atoms with Crippen molar-refractivity contribution in [2.75, 3.05) is 19.7 Å². The number of fused-ring (bicyclic) bond motifs is 1. The van der Waals surface area contributed by atoms with Crippen LogP contribution in [0.2, 0.25) is 0 Å². The Labute approximate surface area is 136 Å². The number of likely N-dealkylation sites (tertiary alicyclic amines) is 1. The quantitative estimate of drug-likeness (QED) is 0.903. The molecule has 7 heteroatoms. The standard InChI is InChI=1S/C16H24N4O3/c1-11(2)17-15(21)12-5-3-6-19(10-12)16(22)13-9-14-20(18-13)7-4-8-23-14/h9,11-12H,3-8,10H2,1-2H3,(H,17,21). The number of piperidine rings is 1. The van der Waals surface area contributed by atoms with Gasteiger partial charge in [0.2, 0.25) is 11.8 Å². The Bertz CT molecular complexity index is 573. The molecule has 1 saturated heterocycles. The first kappa shape index (κ1) is 15.8. The average Bonchev–Trinajstić information content (AvgIpc) is 2.97. The molecule has 3 rings (SSSR count). The first-order chi connectivity index (χ1) is 11.0. The normalized spacial score (nSPS) is 20.8. The molecule has 2 aliphatic heterocycles. The van der Waals surface area contributed by atoms with Gasteiger partial charge in [-0.05, 0) is 26.7 Å². The molecule has 126 valence electrons. The maximum Gasteiger partial charge on any atom is 0.274 e. The van der Waals surface area contributed by atoms with Crippen molar-refractivity contribution in [1.29, 1.82) is 0 Å². The molecule has 2 amide bonds. The van der Waals surface area contributed by atoms with E-state index in [1.54, 1.807) is 15.6 Å². The fourth-order valence-electron chi connectivity index (χ4n) is 3.11. The highest BCUT2D eigenvalue weighted by atomic mass is 16.5. The summed E-state index contributed by atoms with van der Waals surface area (Å²) in [5.74, 6) is 0.441. The lowest BCUT2D eigenvalue weighted by molar-refractivity contribution is -0.126. The Morgan fingerprint density at radius 1 is 1.35 bits per heavy atom. The minimum absolute atomic E-state index is 0.0324. The zero-order valence-electron chi connectivity index (χ0n) is 13.7. The molecule has 3 heterocycles. The van der Waals surface area contributed by atoms with E-state index in [0.29, 0.717) is 31.3 Å². The number of hydrogen-bond donors (Lipinski definition) is 1. The van der Waals surface area contributed by atoms with Crippen molar-refractivity contribution in [2.45, 2.75) is 45.7 Å². The maximum atomic E-state index is 12.7. The number of aromatic nitrogens is 2. The number of rotatable bonds is 3. The van der Waals surface area contributed by atoms with E-state index >= 15 is 0 Å². The van der Waals surface area contributed by atoms with Crippen LogP contribution < -0.4 is 10.1 Å². The third-order valence-electron chi connectivity index (χ3n) is 4.24. The SMILES string of the molecule is CC(C)NC(=O)C1CCCN(C(=O)c2cc3n(n2)CCCO3)C1. The lowest BCUT2D eigenvalue weighted by Crippen LogP contribution is -2.46. The van der Waals surface area contributed by atoms with Gasteiger partial charge in [0.15, 0.2) is 5.69 Å². The Morgan fingerprint density at radius 3 is 2.91 bits per heavy atom. The molecule has 1 atom stereocenters. The Kier molecular flexibility index (Phi) is 4.54. The van der Waals surface area contributed by atoms with Gasteiger partial charge >= 0.3 is 0 Å². The average molecular weight is 320 g/mol. The van der Waals surface area contributed by atoms with Gasteiger partial charge in [0.25, 0.3) is 5.91 Å². The lowest BCUT2D eigenvalue weighted by Gasteiger charge is -2.32. The third-order valence-corrected chi connectivity index (χ3v) is 4.24. The Balaban J connectivity index is 1.67. The van der Waals surface area contributed by atoms with Crippen molar-refractivity contribution in [3.63, 3.8) is 0 Å². The van der Waals surface area contributed by atoms with Crippen molar-refractivity contribution in [2.24, 2.45) is 5.92 Å². The van der Waals surface area contributed by atoms with E-state index in [1.165, 1.54) is 0 Å². The van der Waals surface area contributed by atoms with E-state index in [9.17, 15) is 9.59 Å². The minimum atomic E-state index is -0.136. The number of hydrogen-bond acceptors (Lipinski definition) is 4. The molecular weight excluding hydrogens is 296 g/mol. The molecular formula is C16H24N4O3. The largest absolute Gasteiger partial charge is 0.478 e. The van der Waals surface area contributed by atoms with E-state index < -0.39 is 0 Å². The highest BCUT2D eigenvalue weighted by Crippen LogP contribution is 2.22. The van der Waals surface area contributed by atoms with Gasteiger partial charge in [-0.2, -0.15) is 5.10 Å². The molecule has 1 aromatic rings. The molecule has 0 bridgehead atoms. The predicted octanol–water partition coefficient (Wildman–Crippen LogP) is 1.04. The number of amides is 2. The molecule has 2 aliphatic rings. The molecule has 0 aliphatic carbocycles. The van der Waals surface area contributed by atoms with Crippen LogP contribution in [0.5, 0.6) is 5.88 Å². The van der Waals surface area contributed by atoms with Gasteiger partial charge < -0.3 is 15.0 Å². The van der Waals surface area contributed by atoms with Crippen molar-refractivity contribution in [3.05, 3.63) is 11.8 Å². The number of nitrogens with one attached hydrogen (secondary N) is 1. The fourth-order valence-corrected chi connectivity index (χ4v) is 3.11. The molecule has 1 aromatic heterocycles. The van der Waals surface area contributed by atoms with Crippen LogP contribution in [0.4, 0.5) is 0 Å². The molecule has 0 saturated carbocycles. The summed E-state index contributed by atoms with van der Waals surface area (Å²) in [5.41, 5.74) is 0.409. The van der Waals surface area contributed by atoms with Crippen molar-refractivity contribution < 1.29 is 14.3 Å². The van der Waals surface area contributed by atoms with Gasteiger partial charge in [-0.15, -0.1) is 0 Å². The third kappa shape index (κ3) is 3.48. The zero-order chi connectivity index (χ0) is 16.4. The lowest BCUT2D eigenvalue weighted by atomic mass is 9.96. The second kappa shape index (κ2) is 6.60. The monoisotopic (exact) mass is 320 g/mol. The van der Waals surface area contributed by atoms with Crippen molar-refractivity contribution in [3.8, 4) is 5.88 Å². The maximum absolute atomic E-state index is 12.7. The molecule has 1 unspecified atom stereocenters. The van der Waals surface area contributed by atoms with Crippen LogP contribution in [-0.2, 0) is 11.3 Å². The van der Waals surface area contributed by atoms with Crippen LogP contribution in [-0.4, -0.2) is 52.2 Å². The summed E-state index contributed by atoms with van der Waals surface area (Å²) in [5, 5.41) is 7.28. The number of carbonyl (C=O) groups is 2. The van der Waals surface area contributed by atoms with E-state index in [0.717, 1.165) is 25.8 Å². The number of ether oxygens (including phenoxy) is 1. The molecule has 7 nitrogen and oxygen atoms in total. The van der Waals surface area contributed by atoms with Gasteiger partial charge in [0.1, 0.15) is 0 Å². The zero-order valence-corrected chi connectivity index (χ0v) is 13.7. The van der Waals surface area contributed by atoms with Crippen molar-refractivity contribution in [1.82, 2.24) is 20.0 Å². The molecule has 1 fully saturated rings. The summed E-state index contributed by atoms with van der Waals surface area (Å²) in [6, 6.07) is 1.82. The smallest absolute Gasteiger partial charge is 0.274 e. The highest BCUT2D eigenvalue weighted by molar-refractivity contribution is 5.93. The van der Waals surface area contributed by atoms with Crippen LogP contribution >= 0.6 is 0 Å². The van der Waals surface area contributed by atoms with E-state index in [2.05, 4.69) is 10.4 Å². The van der Waals surface area contributed by atoms with Crippen LogP contribution in [0.3, 0.4) is 0 Å². The summed E-state index contributed by atoms with van der Waals surface area (Å²) >= 11 is 0. The fraction of sp³-hybridized carbons (Fsp3) is 0.688. The molecule has 1 N–H and O–H groups in total. The molecule has 0 spiro atoms. The van der Waals surface area contributed by atoms with Gasteiger partial charge in [-0.3, -0.25) is 9.59 Å². The van der Waals surface area contributed by atoms with Gasteiger partial charge in [0, 0.05) is 38.2 Å².